The first-order chi connectivity index (χ1) is 8.50. The van der Waals surface area contributed by atoms with Gasteiger partial charge in [0, 0.05) is 24.4 Å². The molecule has 0 aliphatic carbocycles. The Morgan fingerprint density at radius 1 is 1.28 bits per heavy atom. The van der Waals surface area contributed by atoms with Crippen LogP contribution in [0.2, 0.25) is 0 Å². The van der Waals surface area contributed by atoms with Crippen LogP contribution in [0.1, 0.15) is 15.9 Å². The third kappa shape index (κ3) is 2.05. The van der Waals surface area contributed by atoms with E-state index in [9.17, 15) is 9.59 Å². The van der Waals surface area contributed by atoms with Crippen molar-refractivity contribution in [1.29, 1.82) is 0 Å². The van der Waals surface area contributed by atoms with Gasteiger partial charge in [-0.05, 0) is 36.2 Å². The molecule has 0 unspecified atom stereocenters. The zero-order valence-electron chi connectivity index (χ0n) is 10.3. The fourth-order valence-electron chi connectivity index (χ4n) is 1.87. The van der Waals surface area contributed by atoms with Crippen molar-refractivity contribution in [2.45, 2.75) is 6.92 Å². The number of primary amides is 1. The lowest BCUT2D eigenvalue weighted by molar-refractivity contribution is 0.1000. The Labute approximate surface area is 105 Å². The number of pyridine rings is 1. The molecule has 2 N–H and O–H groups in total. The average Bonchev–Trinajstić information content (AvgIpc) is 2.33. The molecule has 0 saturated carbocycles. The van der Waals surface area contributed by atoms with E-state index >= 15 is 0 Å². The Hall–Kier alpha value is -2.36. The smallest absolute Gasteiger partial charge is 0.258 e. The van der Waals surface area contributed by atoms with Crippen LogP contribution in [0.25, 0.3) is 11.1 Å². The Kier molecular flexibility index (Phi) is 3.02. The molecule has 4 heteroatoms. The molecule has 1 amide bonds. The third-order valence-corrected chi connectivity index (χ3v) is 2.94. The van der Waals surface area contributed by atoms with Gasteiger partial charge in [0.15, 0.2) is 0 Å². The molecule has 18 heavy (non-hydrogen) atoms. The molecule has 0 bridgehead atoms. The van der Waals surface area contributed by atoms with Gasteiger partial charge in [-0.1, -0.05) is 12.1 Å². The standard InChI is InChI=1S/C14H14N2O2/c1-9-5-6-10(8-12(9)13(15)17)11-4-3-7-16(2)14(11)18/h3-8H,1-2H3,(H2,15,17). The fraction of sp³-hybridized carbons (Fsp3) is 0.143. The van der Waals surface area contributed by atoms with Gasteiger partial charge >= 0.3 is 0 Å². The maximum Gasteiger partial charge on any atom is 0.258 e. The topological polar surface area (TPSA) is 65.1 Å². The number of benzene rings is 1. The molecule has 1 aromatic carbocycles. The molecule has 0 saturated heterocycles. The third-order valence-electron chi connectivity index (χ3n) is 2.94. The van der Waals surface area contributed by atoms with E-state index in [0.717, 1.165) is 5.56 Å². The molecule has 92 valence electrons. The van der Waals surface area contributed by atoms with Gasteiger partial charge in [-0.25, -0.2) is 0 Å². The molecule has 0 fully saturated rings. The van der Waals surface area contributed by atoms with Crippen molar-refractivity contribution < 1.29 is 4.79 Å². The summed E-state index contributed by atoms with van der Waals surface area (Å²) in [6, 6.07) is 8.80. The number of carbonyl (C=O) groups excluding carboxylic acids is 1. The van der Waals surface area contributed by atoms with E-state index in [4.69, 9.17) is 5.73 Å². The predicted molar refractivity (Wildman–Crippen MR) is 70.4 cm³/mol. The highest BCUT2D eigenvalue weighted by Gasteiger charge is 2.09. The van der Waals surface area contributed by atoms with Gasteiger partial charge in [0.1, 0.15) is 0 Å². The summed E-state index contributed by atoms with van der Waals surface area (Å²) >= 11 is 0. The molecule has 0 radical (unpaired) electrons. The minimum Gasteiger partial charge on any atom is -0.366 e. The zero-order chi connectivity index (χ0) is 13.3. The summed E-state index contributed by atoms with van der Waals surface area (Å²) in [4.78, 5) is 23.3. The van der Waals surface area contributed by atoms with Crippen molar-refractivity contribution in [3.63, 3.8) is 0 Å². The lowest BCUT2D eigenvalue weighted by Gasteiger charge is -2.07. The summed E-state index contributed by atoms with van der Waals surface area (Å²) in [6.07, 6.45) is 1.69. The molecule has 0 aliphatic heterocycles. The monoisotopic (exact) mass is 242 g/mol. The van der Waals surface area contributed by atoms with Crippen LogP contribution < -0.4 is 11.3 Å². The van der Waals surface area contributed by atoms with Crippen LogP contribution in [0.5, 0.6) is 0 Å². The van der Waals surface area contributed by atoms with Gasteiger partial charge in [-0.3, -0.25) is 9.59 Å². The molecule has 0 spiro atoms. The van der Waals surface area contributed by atoms with E-state index in [1.54, 1.807) is 37.5 Å². The van der Waals surface area contributed by atoms with E-state index in [1.165, 1.54) is 4.57 Å². The highest BCUT2D eigenvalue weighted by molar-refractivity contribution is 5.95. The summed E-state index contributed by atoms with van der Waals surface area (Å²) in [5, 5.41) is 0. The molecule has 4 nitrogen and oxygen atoms in total. The Balaban J connectivity index is 2.65. The summed E-state index contributed by atoms with van der Waals surface area (Å²) in [6.45, 7) is 1.81. The van der Waals surface area contributed by atoms with Crippen molar-refractivity contribution >= 4 is 5.91 Å². The quantitative estimate of drug-likeness (QED) is 0.866. The fourth-order valence-corrected chi connectivity index (χ4v) is 1.87. The average molecular weight is 242 g/mol. The normalized spacial score (nSPS) is 10.3. The van der Waals surface area contributed by atoms with Crippen molar-refractivity contribution in [3.8, 4) is 11.1 Å². The largest absolute Gasteiger partial charge is 0.366 e. The molecule has 0 atom stereocenters. The summed E-state index contributed by atoms with van der Waals surface area (Å²) in [5.74, 6) is -0.484. The molecule has 2 aromatic rings. The second-order valence-electron chi connectivity index (χ2n) is 4.23. The van der Waals surface area contributed by atoms with Gasteiger partial charge in [0.2, 0.25) is 5.91 Å². The number of aromatic nitrogens is 1. The number of aryl methyl sites for hydroxylation is 2. The van der Waals surface area contributed by atoms with Gasteiger partial charge < -0.3 is 10.3 Å². The highest BCUT2D eigenvalue weighted by Crippen LogP contribution is 2.19. The van der Waals surface area contributed by atoms with E-state index < -0.39 is 5.91 Å². The molecule has 0 aliphatic rings. The Morgan fingerprint density at radius 2 is 2.00 bits per heavy atom. The van der Waals surface area contributed by atoms with Crippen LogP contribution in [-0.2, 0) is 7.05 Å². The lowest BCUT2D eigenvalue weighted by Crippen LogP contribution is -2.18. The SMILES string of the molecule is Cc1ccc(-c2cccn(C)c2=O)cc1C(N)=O. The van der Waals surface area contributed by atoms with Crippen LogP contribution in [0.4, 0.5) is 0 Å². The van der Waals surface area contributed by atoms with Crippen LogP contribution in [0.15, 0.2) is 41.3 Å². The van der Waals surface area contributed by atoms with Gasteiger partial charge in [0.05, 0.1) is 0 Å². The van der Waals surface area contributed by atoms with Crippen molar-refractivity contribution in [2.75, 3.05) is 0 Å². The van der Waals surface area contributed by atoms with Crippen LogP contribution in [0.3, 0.4) is 0 Å². The second kappa shape index (κ2) is 4.49. The predicted octanol–water partition coefficient (Wildman–Crippen LogP) is 1.46. The minimum atomic E-state index is -0.484. The maximum atomic E-state index is 12.0. The minimum absolute atomic E-state index is 0.100. The van der Waals surface area contributed by atoms with Gasteiger partial charge in [-0.2, -0.15) is 0 Å². The number of nitrogens with zero attached hydrogens (tertiary/aromatic N) is 1. The Morgan fingerprint density at radius 3 is 2.67 bits per heavy atom. The molecule has 1 heterocycles. The van der Waals surface area contributed by atoms with Crippen molar-refractivity contribution in [3.05, 3.63) is 58.0 Å². The van der Waals surface area contributed by atoms with Gasteiger partial charge in [-0.15, -0.1) is 0 Å². The van der Waals surface area contributed by atoms with E-state index in [2.05, 4.69) is 0 Å². The van der Waals surface area contributed by atoms with Crippen LogP contribution in [-0.4, -0.2) is 10.5 Å². The van der Waals surface area contributed by atoms with Gasteiger partial charge in [0.25, 0.3) is 5.56 Å². The summed E-state index contributed by atoms with van der Waals surface area (Å²) in [5.41, 5.74) is 7.72. The molecular weight excluding hydrogens is 228 g/mol. The number of nitrogens with two attached hydrogens (primary N) is 1. The number of amides is 1. The first-order valence-electron chi connectivity index (χ1n) is 5.57. The van der Waals surface area contributed by atoms with Crippen molar-refractivity contribution in [1.82, 2.24) is 4.57 Å². The number of hydrogen-bond acceptors (Lipinski definition) is 2. The van der Waals surface area contributed by atoms with E-state index in [0.29, 0.717) is 16.7 Å². The first-order valence-corrected chi connectivity index (χ1v) is 5.57. The van der Waals surface area contributed by atoms with Crippen LogP contribution >= 0.6 is 0 Å². The van der Waals surface area contributed by atoms with E-state index in [1.807, 2.05) is 13.0 Å². The molecule has 1 aromatic heterocycles. The highest BCUT2D eigenvalue weighted by atomic mass is 16.1. The molecule has 2 rings (SSSR count). The maximum absolute atomic E-state index is 12.0. The summed E-state index contributed by atoms with van der Waals surface area (Å²) < 4.78 is 1.50. The zero-order valence-corrected chi connectivity index (χ0v) is 10.3. The number of hydrogen-bond donors (Lipinski definition) is 1. The number of carbonyl (C=O) groups is 1. The van der Waals surface area contributed by atoms with Crippen LogP contribution in [0, 0.1) is 6.92 Å². The second-order valence-corrected chi connectivity index (χ2v) is 4.23. The van der Waals surface area contributed by atoms with Crippen molar-refractivity contribution in [2.24, 2.45) is 12.8 Å². The van der Waals surface area contributed by atoms with E-state index in [-0.39, 0.29) is 5.56 Å². The lowest BCUT2D eigenvalue weighted by atomic mass is 10.0. The molecular formula is C14H14N2O2. The first kappa shape index (κ1) is 12.1. The Bertz CT molecular complexity index is 672. The number of rotatable bonds is 2. The summed E-state index contributed by atoms with van der Waals surface area (Å²) in [7, 11) is 1.69.